The van der Waals surface area contributed by atoms with E-state index in [0.717, 1.165) is 0 Å². The predicted octanol–water partition coefficient (Wildman–Crippen LogP) is 7.44. The number of rotatable bonds is 12. The molecule has 2 heterocycles. The minimum Gasteiger partial charge on any atom is -0.475 e. The fourth-order valence-corrected chi connectivity index (χ4v) is 5.97. The predicted molar refractivity (Wildman–Crippen MR) is 160 cm³/mol. The quantitative estimate of drug-likeness (QED) is 0.112. The third kappa shape index (κ3) is 8.40. The Labute approximate surface area is 282 Å². The number of fused-ring (bicyclic) bond motifs is 1. The number of aromatic amines is 1. The Kier molecular flexibility index (Phi) is 10.7. The first-order valence-electron chi connectivity index (χ1n) is 14.9. The van der Waals surface area contributed by atoms with Crippen LogP contribution >= 0.6 is 23.2 Å². The summed E-state index contributed by atoms with van der Waals surface area (Å²) in [4.78, 5) is 36.9. The smallest absolute Gasteiger partial charge is 0.403 e. The summed E-state index contributed by atoms with van der Waals surface area (Å²) in [6.45, 7) is -4.40. The molecule has 0 aliphatic heterocycles. The van der Waals surface area contributed by atoms with Gasteiger partial charge in [-0.15, -0.1) is 0 Å². The van der Waals surface area contributed by atoms with Crippen LogP contribution < -0.4 is 20.7 Å². The van der Waals surface area contributed by atoms with Gasteiger partial charge in [-0.25, -0.2) is 0 Å². The van der Waals surface area contributed by atoms with Crippen LogP contribution in [0, 0.1) is 11.3 Å². The average Bonchev–Trinajstić information content (AvgIpc) is 3.76. The first kappa shape index (κ1) is 36.6. The minimum absolute atomic E-state index is 0.0171. The first-order valence-corrected chi connectivity index (χ1v) is 15.6. The van der Waals surface area contributed by atoms with E-state index >= 15 is 0 Å². The summed E-state index contributed by atoms with van der Waals surface area (Å²) in [7, 11) is 0. The molecule has 268 valence electrons. The van der Waals surface area contributed by atoms with Crippen LogP contribution in [0.2, 0.25) is 10.0 Å². The van der Waals surface area contributed by atoms with Crippen molar-refractivity contribution >= 4 is 57.8 Å². The maximum absolute atomic E-state index is 13.3. The molecule has 2 aliphatic rings. The average molecular weight is 747 g/mol. The molecule has 49 heavy (non-hydrogen) atoms. The van der Waals surface area contributed by atoms with E-state index < -0.39 is 61.4 Å². The van der Waals surface area contributed by atoms with Gasteiger partial charge in [-0.05, 0) is 56.2 Å². The van der Waals surface area contributed by atoms with Crippen molar-refractivity contribution in [3.63, 3.8) is 0 Å². The summed E-state index contributed by atoms with van der Waals surface area (Å²) in [5.74, 6) is -3.70. The number of pyridine rings is 1. The second-order valence-corrected chi connectivity index (χ2v) is 12.4. The van der Waals surface area contributed by atoms with Gasteiger partial charge in [0.2, 0.25) is 17.7 Å². The van der Waals surface area contributed by atoms with E-state index in [1.165, 1.54) is 18.2 Å². The van der Waals surface area contributed by atoms with Gasteiger partial charge in [0.1, 0.15) is 17.6 Å². The van der Waals surface area contributed by atoms with E-state index in [1.807, 2.05) is 0 Å². The van der Waals surface area contributed by atoms with Crippen LogP contribution in [0.3, 0.4) is 0 Å². The van der Waals surface area contributed by atoms with Crippen molar-refractivity contribution in [2.45, 2.75) is 70.1 Å². The molecule has 20 heteroatoms. The SMILES string of the molecule is O=C(NC1CCC(C(F)(F)F)CC1)c1cc2[nH]c(Nc3c(Cl)ccc(CNC(=O)C4(C(F)(F)F)CC4)c3Cl)nc2nc1OCCOC(F)F. The minimum atomic E-state index is -4.69. The Bertz CT molecular complexity index is 1690. The number of alkyl halides is 8. The molecule has 10 nitrogen and oxygen atoms in total. The summed E-state index contributed by atoms with van der Waals surface area (Å²) >= 11 is 12.8. The highest BCUT2D eigenvalue weighted by molar-refractivity contribution is 6.39. The second kappa shape index (κ2) is 14.3. The number of imidazole rings is 1. The molecule has 0 atom stereocenters. The van der Waals surface area contributed by atoms with E-state index in [1.54, 1.807) is 0 Å². The van der Waals surface area contributed by atoms with Crippen molar-refractivity contribution in [1.29, 1.82) is 0 Å². The molecule has 0 saturated heterocycles. The van der Waals surface area contributed by atoms with Crippen LogP contribution in [0.4, 0.5) is 46.8 Å². The third-order valence-corrected chi connectivity index (χ3v) is 9.10. The number of halogens is 10. The fraction of sp³-hybridized carbons (Fsp3) is 0.517. The number of nitrogens with one attached hydrogen (secondary N) is 4. The topological polar surface area (TPSA) is 130 Å². The van der Waals surface area contributed by atoms with Crippen LogP contribution in [-0.2, 0) is 16.1 Å². The van der Waals surface area contributed by atoms with Crippen molar-refractivity contribution in [2.75, 3.05) is 18.5 Å². The number of aromatic nitrogens is 3. The Hall–Kier alpha value is -3.64. The standard InChI is InChI=1S/C29H28Cl2F8N6O4/c30-17-6-1-13(12-40-24(47)27(7-8-27)29(37,38)39)19(31)20(17)43-26-42-18-11-16(23(44-21(18)45-26)48-9-10-49-25(32)33)22(46)41-15-4-2-14(3-5-15)28(34,35)36/h1,6,11,14-15,25H,2-5,7-10,12H2,(H,40,47)(H,41,46)(H2,42,43,44,45). The molecule has 0 spiro atoms. The maximum atomic E-state index is 13.3. The Morgan fingerprint density at radius 2 is 1.71 bits per heavy atom. The van der Waals surface area contributed by atoms with Gasteiger partial charge in [0.05, 0.1) is 33.8 Å². The van der Waals surface area contributed by atoms with Crippen LogP contribution in [0.15, 0.2) is 18.2 Å². The molecule has 5 rings (SSSR count). The molecule has 0 radical (unpaired) electrons. The van der Waals surface area contributed by atoms with E-state index in [-0.39, 0.29) is 94.9 Å². The summed E-state index contributed by atoms with van der Waals surface area (Å²) < 4.78 is 114. The third-order valence-electron chi connectivity index (χ3n) is 8.36. The number of carbonyl (C=O) groups excluding carboxylic acids is 2. The molecule has 2 aromatic heterocycles. The molecule has 2 amide bonds. The highest BCUT2D eigenvalue weighted by atomic mass is 35.5. The van der Waals surface area contributed by atoms with Crippen molar-refractivity contribution in [1.82, 2.24) is 25.6 Å². The normalized spacial score (nSPS) is 19.2. The fourth-order valence-electron chi connectivity index (χ4n) is 5.44. The number of hydrogen-bond acceptors (Lipinski definition) is 7. The van der Waals surface area contributed by atoms with Crippen molar-refractivity contribution < 1.29 is 54.2 Å². The van der Waals surface area contributed by atoms with Crippen molar-refractivity contribution in [2.24, 2.45) is 11.3 Å². The lowest BCUT2D eigenvalue weighted by Crippen LogP contribution is -2.40. The van der Waals surface area contributed by atoms with Crippen LogP contribution in [0.1, 0.15) is 54.4 Å². The number of ether oxygens (including phenoxy) is 2. The van der Waals surface area contributed by atoms with Gasteiger partial charge >= 0.3 is 19.0 Å². The summed E-state index contributed by atoms with van der Waals surface area (Å²) in [5, 5.41) is 7.82. The molecule has 1 aromatic carbocycles. The van der Waals surface area contributed by atoms with E-state index in [9.17, 15) is 44.7 Å². The van der Waals surface area contributed by atoms with Gasteiger partial charge in [-0.3, -0.25) is 9.59 Å². The van der Waals surface area contributed by atoms with Crippen LogP contribution in [0.5, 0.6) is 5.88 Å². The number of amides is 2. The molecule has 2 aliphatic carbocycles. The molecular formula is C29H28Cl2F8N6O4. The van der Waals surface area contributed by atoms with Gasteiger partial charge in [0, 0.05) is 12.6 Å². The van der Waals surface area contributed by atoms with Crippen LogP contribution in [-0.4, -0.2) is 65.0 Å². The molecule has 2 saturated carbocycles. The molecule has 0 unspecified atom stereocenters. The lowest BCUT2D eigenvalue weighted by molar-refractivity contribution is -0.192. The molecule has 3 aromatic rings. The zero-order chi connectivity index (χ0) is 35.7. The zero-order valence-electron chi connectivity index (χ0n) is 25.1. The Balaban J connectivity index is 1.34. The largest absolute Gasteiger partial charge is 0.475 e. The van der Waals surface area contributed by atoms with E-state index in [2.05, 4.69) is 35.6 Å². The summed E-state index contributed by atoms with van der Waals surface area (Å²) in [6, 6.07) is 3.54. The van der Waals surface area contributed by atoms with E-state index in [0.29, 0.717) is 0 Å². The van der Waals surface area contributed by atoms with Gasteiger partial charge < -0.3 is 30.4 Å². The van der Waals surface area contributed by atoms with Gasteiger partial charge in [0.25, 0.3) is 5.91 Å². The number of carbonyl (C=O) groups is 2. The van der Waals surface area contributed by atoms with Gasteiger partial charge in [-0.1, -0.05) is 29.3 Å². The highest BCUT2D eigenvalue weighted by Crippen LogP contribution is 2.57. The number of hydrogen-bond donors (Lipinski definition) is 4. The lowest BCUT2D eigenvalue weighted by atomic mass is 9.85. The zero-order valence-corrected chi connectivity index (χ0v) is 26.6. The first-order chi connectivity index (χ1) is 23.0. The summed E-state index contributed by atoms with van der Waals surface area (Å²) in [6.07, 6.45) is -9.82. The molecule has 4 N–H and O–H groups in total. The number of benzene rings is 1. The molecule has 0 bridgehead atoms. The second-order valence-electron chi connectivity index (χ2n) is 11.6. The number of H-pyrrole nitrogens is 1. The lowest BCUT2D eigenvalue weighted by Gasteiger charge is -2.30. The Morgan fingerprint density at radius 1 is 1.02 bits per heavy atom. The molecular weight excluding hydrogens is 719 g/mol. The monoisotopic (exact) mass is 746 g/mol. The number of anilines is 2. The van der Waals surface area contributed by atoms with E-state index in [4.69, 9.17) is 27.9 Å². The highest BCUT2D eigenvalue weighted by Gasteiger charge is 2.68. The summed E-state index contributed by atoms with van der Waals surface area (Å²) in [5.41, 5.74) is -2.14. The van der Waals surface area contributed by atoms with Crippen LogP contribution in [0.25, 0.3) is 11.2 Å². The van der Waals surface area contributed by atoms with Gasteiger partial charge in [-0.2, -0.15) is 45.1 Å². The Morgan fingerprint density at radius 3 is 2.33 bits per heavy atom. The molecule has 2 fully saturated rings. The van der Waals surface area contributed by atoms with Crippen molar-refractivity contribution in [3.05, 3.63) is 39.4 Å². The van der Waals surface area contributed by atoms with Gasteiger partial charge in [0.15, 0.2) is 5.65 Å². The van der Waals surface area contributed by atoms with Crippen molar-refractivity contribution in [3.8, 4) is 5.88 Å². The number of nitrogens with zero attached hydrogens (tertiary/aromatic N) is 2. The maximum Gasteiger partial charge on any atom is 0.403 e.